The topological polar surface area (TPSA) is 46.3 Å². The van der Waals surface area contributed by atoms with E-state index in [0.29, 0.717) is 16.4 Å². The lowest BCUT2D eigenvalue weighted by Gasteiger charge is -2.18. The Hall–Kier alpha value is -2.07. The van der Waals surface area contributed by atoms with Gasteiger partial charge in [-0.1, -0.05) is 23.7 Å². The molecule has 3 nitrogen and oxygen atoms in total. The van der Waals surface area contributed by atoms with Crippen LogP contribution in [-0.4, -0.2) is 13.0 Å². The molecule has 2 aromatic carbocycles. The van der Waals surface area contributed by atoms with Crippen LogP contribution in [0.5, 0.6) is 0 Å². The molecule has 1 amide bonds. The van der Waals surface area contributed by atoms with Crippen LogP contribution in [0.25, 0.3) is 0 Å². The minimum atomic E-state index is -0.320. The number of rotatable bonds is 3. The Morgan fingerprint density at radius 3 is 2.50 bits per heavy atom. The molecule has 2 aromatic rings. The van der Waals surface area contributed by atoms with Crippen LogP contribution in [0.4, 0.5) is 15.8 Å². The number of carbonyl (C=O) groups is 1. The van der Waals surface area contributed by atoms with Crippen LogP contribution < -0.4 is 10.6 Å². The minimum Gasteiger partial charge on any atom is -0.398 e. The molecule has 0 saturated heterocycles. The Labute approximate surface area is 121 Å². The quantitative estimate of drug-likeness (QED) is 0.883. The molecule has 0 atom stereocenters. The van der Waals surface area contributed by atoms with Gasteiger partial charge in [-0.2, -0.15) is 0 Å². The fraction of sp³-hybridized carbons (Fsp3) is 0.133. The average molecular weight is 293 g/mol. The van der Waals surface area contributed by atoms with Gasteiger partial charge in [-0.15, -0.1) is 0 Å². The molecule has 2 N–H and O–H groups in total. The number of benzene rings is 2. The van der Waals surface area contributed by atoms with Gasteiger partial charge in [0.15, 0.2) is 0 Å². The van der Waals surface area contributed by atoms with Gasteiger partial charge < -0.3 is 10.6 Å². The summed E-state index contributed by atoms with van der Waals surface area (Å²) in [6, 6.07) is 10.9. The highest BCUT2D eigenvalue weighted by Crippen LogP contribution is 2.25. The molecule has 0 aliphatic heterocycles. The van der Waals surface area contributed by atoms with Crippen molar-refractivity contribution < 1.29 is 9.18 Å². The molecule has 0 spiro atoms. The lowest BCUT2D eigenvalue weighted by molar-refractivity contribution is -0.117. The molecule has 0 fully saturated rings. The van der Waals surface area contributed by atoms with E-state index in [9.17, 15) is 9.18 Å². The van der Waals surface area contributed by atoms with E-state index in [1.165, 1.54) is 17.0 Å². The molecule has 104 valence electrons. The standard InChI is InChI=1S/C15H14ClFN2O/c1-19(12-6-7-14(18)13(16)9-12)15(20)8-10-2-4-11(17)5-3-10/h2-7,9H,8,18H2,1H3. The molecule has 0 heterocycles. The third kappa shape index (κ3) is 3.27. The van der Waals surface area contributed by atoms with E-state index in [-0.39, 0.29) is 18.1 Å². The van der Waals surface area contributed by atoms with E-state index in [1.807, 2.05) is 0 Å². The van der Waals surface area contributed by atoms with Gasteiger partial charge in [0.2, 0.25) is 5.91 Å². The number of nitrogens with zero attached hydrogens (tertiary/aromatic N) is 1. The summed E-state index contributed by atoms with van der Waals surface area (Å²) in [5, 5.41) is 0.406. The molecular formula is C15H14ClFN2O. The maximum Gasteiger partial charge on any atom is 0.231 e. The number of anilines is 2. The summed E-state index contributed by atoms with van der Waals surface area (Å²) < 4.78 is 12.8. The number of amides is 1. The van der Waals surface area contributed by atoms with E-state index < -0.39 is 0 Å². The van der Waals surface area contributed by atoms with Crippen LogP contribution in [0, 0.1) is 5.82 Å². The SMILES string of the molecule is CN(C(=O)Cc1ccc(F)cc1)c1ccc(N)c(Cl)c1. The Morgan fingerprint density at radius 2 is 1.90 bits per heavy atom. The highest BCUT2D eigenvalue weighted by atomic mass is 35.5. The molecule has 0 bridgehead atoms. The Kier molecular flexibility index (Phi) is 4.25. The van der Waals surface area contributed by atoms with Gasteiger partial charge in [0.25, 0.3) is 0 Å². The molecule has 0 aromatic heterocycles. The smallest absolute Gasteiger partial charge is 0.231 e. The Balaban J connectivity index is 2.11. The molecule has 20 heavy (non-hydrogen) atoms. The van der Waals surface area contributed by atoms with E-state index in [2.05, 4.69) is 0 Å². The van der Waals surface area contributed by atoms with Crippen molar-refractivity contribution >= 4 is 28.9 Å². The van der Waals surface area contributed by atoms with Crippen molar-refractivity contribution in [2.45, 2.75) is 6.42 Å². The molecule has 2 rings (SSSR count). The van der Waals surface area contributed by atoms with Crippen molar-refractivity contribution in [2.75, 3.05) is 17.7 Å². The predicted molar refractivity (Wildman–Crippen MR) is 79.4 cm³/mol. The summed E-state index contributed by atoms with van der Waals surface area (Å²) in [4.78, 5) is 13.6. The molecule has 0 aliphatic carbocycles. The number of likely N-dealkylation sites (N-methyl/N-ethyl adjacent to an activating group) is 1. The second-order valence-corrected chi connectivity index (χ2v) is 4.87. The minimum absolute atomic E-state index is 0.113. The normalized spacial score (nSPS) is 10.3. The van der Waals surface area contributed by atoms with Crippen LogP contribution in [0.15, 0.2) is 42.5 Å². The van der Waals surface area contributed by atoms with Crippen molar-refractivity contribution in [3.05, 3.63) is 58.9 Å². The second kappa shape index (κ2) is 5.92. The summed E-state index contributed by atoms with van der Waals surface area (Å²) in [6.07, 6.45) is 0.193. The first-order valence-electron chi connectivity index (χ1n) is 6.03. The predicted octanol–water partition coefficient (Wildman–Crippen LogP) is 3.27. The van der Waals surface area contributed by atoms with Crippen LogP contribution in [0.3, 0.4) is 0 Å². The van der Waals surface area contributed by atoms with Crippen LogP contribution in [0.1, 0.15) is 5.56 Å². The molecule has 5 heteroatoms. The third-order valence-corrected chi connectivity index (χ3v) is 3.34. The monoisotopic (exact) mass is 292 g/mol. The van der Waals surface area contributed by atoms with Gasteiger partial charge >= 0.3 is 0 Å². The van der Waals surface area contributed by atoms with E-state index in [0.717, 1.165) is 5.56 Å². The van der Waals surface area contributed by atoms with E-state index in [4.69, 9.17) is 17.3 Å². The highest BCUT2D eigenvalue weighted by molar-refractivity contribution is 6.33. The van der Waals surface area contributed by atoms with Gasteiger partial charge in [0.1, 0.15) is 5.82 Å². The van der Waals surface area contributed by atoms with Crippen LogP contribution >= 0.6 is 11.6 Å². The fourth-order valence-corrected chi connectivity index (χ4v) is 1.94. The zero-order valence-electron chi connectivity index (χ0n) is 10.9. The van der Waals surface area contributed by atoms with Gasteiger partial charge in [0.05, 0.1) is 17.1 Å². The first kappa shape index (κ1) is 14.3. The summed E-state index contributed by atoms with van der Waals surface area (Å²) in [7, 11) is 1.66. The van der Waals surface area contributed by atoms with Gasteiger partial charge in [-0.05, 0) is 35.9 Å². The molecular weight excluding hydrogens is 279 g/mol. The zero-order chi connectivity index (χ0) is 14.7. The van der Waals surface area contributed by atoms with Gasteiger partial charge in [-0.3, -0.25) is 4.79 Å². The summed E-state index contributed by atoms with van der Waals surface area (Å²) >= 11 is 5.94. The van der Waals surface area contributed by atoms with Crippen LogP contribution in [0.2, 0.25) is 5.02 Å². The van der Waals surface area contributed by atoms with Crippen molar-refractivity contribution in [2.24, 2.45) is 0 Å². The Morgan fingerprint density at radius 1 is 1.25 bits per heavy atom. The molecule has 0 aliphatic rings. The largest absolute Gasteiger partial charge is 0.398 e. The lowest BCUT2D eigenvalue weighted by Crippen LogP contribution is -2.27. The number of nitrogens with two attached hydrogens (primary N) is 1. The summed E-state index contributed by atoms with van der Waals surface area (Å²) in [5.74, 6) is -0.433. The van der Waals surface area contributed by atoms with Crippen LogP contribution in [-0.2, 0) is 11.2 Å². The first-order chi connectivity index (χ1) is 9.47. The highest BCUT2D eigenvalue weighted by Gasteiger charge is 2.12. The van der Waals surface area contributed by atoms with Gasteiger partial charge in [0, 0.05) is 12.7 Å². The second-order valence-electron chi connectivity index (χ2n) is 4.46. The number of hydrogen-bond acceptors (Lipinski definition) is 2. The zero-order valence-corrected chi connectivity index (χ0v) is 11.7. The van der Waals surface area contributed by atoms with E-state index >= 15 is 0 Å². The summed E-state index contributed by atoms with van der Waals surface area (Å²) in [5.41, 5.74) is 7.52. The van der Waals surface area contributed by atoms with Crippen molar-refractivity contribution in [1.82, 2.24) is 0 Å². The van der Waals surface area contributed by atoms with Crippen molar-refractivity contribution in [1.29, 1.82) is 0 Å². The molecule has 0 saturated carbocycles. The number of halogens is 2. The fourth-order valence-electron chi connectivity index (χ4n) is 1.76. The average Bonchev–Trinajstić information content (AvgIpc) is 2.43. The number of nitrogen functional groups attached to an aromatic ring is 1. The summed E-state index contributed by atoms with van der Waals surface area (Å²) in [6.45, 7) is 0. The number of carbonyl (C=O) groups excluding carboxylic acids is 1. The Bertz CT molecular complexity index is 628. The molecule has 0 unspecified atom stereocenters. The first-order valence-corrected chi connectivity index (χ1v) is 6.41. The van der Waals surface area contributed by atoms with Crippen molar-refractivity contribution in [3.63, 3.8) is 0 Å². The van der Waals surface area contributed by atoms with Gasteiger partial charge in [-0.25, -0.2) is 4.39 Å². The maximum atomic E-state index is 12.8. The lowest BCUT2D eigenvalue weighted by atomic mass is 10.1. The van der Waals surface area contributed by atoms with E-state index in [1.54, 1.807) is 37.4 Å². The molecule has 0 radical (unpaired) electrons. The maximum absolute atomic E-state index is 12.8. The van der Waals surface area contributed by atoms with Crippen molar-refractivity contribution in [3.8, 4) is 0 Å². The third-order valence-electron chi connectivity index (χ3n) is 3.01. The number of hydrogen-bond donors (Lipinski definition) is 1.